The molecule has 1 saturated heterocycles. The van der Waals surface area contributed by atoms with Gasteiger partial charge in [-0.1, -0.05) is 30.9 Å². The Hall–Kier alpha value is -1.84. The van der Waals surface area contributed by atoms with Gasteiger partial charge in [-0.15, -0.1) is 0 Å². The van der Waals surface area contributed by atoms with Gasteiger partial charge >= 0.3 is 6.03 Å². The molecule has 0 unspecified atom stereocenters. The molecule has 2 fully saturated rings. The second kappa shape index (κ2) is 9.98. The van der Waals surface area contributed by atoms with E-state index in [1.54, 1.807) is 4.90 Å². The fourth-order valence-electron chi connectivity index (χ4n) is 3.97. The fourth-order valence-corrected chi connectivity index (χ4v) is 4.93. The molecule has 3 N–H and O–H groups in total. The molecule has 3 amide bonds. The van der Waals surface area contributed by atoms with Gasteiger partial charge in [-0.25, -0.2) is 17.9 Å². The summed E-state index contributed by atoms with van der Waals surface area (Å²) in [6.45, 7) is 1.12. The molecule has 2 aliphatic rings. The maximum absolute atomic E-state index is 12.7. The highest BCUT2D eigenvalue weighted by Gasteiger charge is 2.27. The van der Waals surface area contributed by atoms with Gasteiger partial charge in [0.05, 0.1) is 15.5 Å². The zero-order chi connectivity index (χ0) is 21.7. The monoisotopic (exact) mass is 456 g/mol. The number of hydrogen-bond acceptors (Lipinski definition) is 4. The van der Waals surface area contributed by atoms with Gasteiger partial charge in [0, 0.05) is 25.2 Å². The average molecular weight is 457 g/mol. The number of piperidine rings is 1. The number of amides is 3. The van der Waals surface area contributed by atoms with Gasteiger partial charge < -0.3 is 15.5 Å². The predicted octanol–water partition coefficient (Wildman–Crippen LogP) is 2.48. The first-order valence-electron chi connectivity index (χ1n) is 10.4. The Bertz CT molecular complexity index is 879. The second-order valence-corrected chi connectivity index (χ2v) is 10.2. The van der Waals surface area contributed by atoms with E-state index in [0.717, 1.165) is 12.8 Å². The van der Waals surface area contributed by atoms with Crippen LogP contribution in [-0.2, 0) is 10.0 Å². The van der Waals surface area contributed by atoms with Gasteiger partial charge in [0.25, 0.3) is 5.91 Å². The van der Waals surface area contributed by atoms with Crippen LogP contribution in [0, 0.1) is 0 Å². The van der Waals surface area contributed by atoms with Crippen LogP contribution in [0.4, 0.5) is 4.79 Å². The normalized spacial score (nSPS) is 18.8. The first kappa shape index (κ1) is 22.8. The van der Waals surface area contributed by atoms with Gasteiger partial charge in [-0.2, -0.15) is 0 Å². The summed E-state index contributed by atoms with van der Waals surface area (Å²) in [5.74, 6) is -0.418. The molecule has 1 saturated carbocycles. The van der Waals surface area contributed by atoms with E-state index < -0.39 is 15.9 Å². The first-order chi connectivity index (χ1) is 14.3. The summed E-state index contributed by atoms with van der Waals surface area (Å²) in [7, 11) is -2.37. The minimum atomic E-state index is -3.67. The minimum absolute atomic E-state index is 0.0197. The number of rotatable bonds is 5. The SMILES string of the molecule is CNS(=O)(=O)c1ccc(Cl)c(C(=O)NC2CCN(C(=O)NC3CCCCC3)CC2)c1. The quantitative estimate of drug-likeness (QED) is 0.632. The Morgan fingerprint density at radius 2 is 1.63 bits per heavy atom. The molecule has 166 valence electrons. The van der Waals surface area contributed by atoms with Crippen LogP contribution < -0.4 is 15.4 Å². The van der Waals surface area contributed by atoms with Crippen LogP contribution in [0.2, 0.25) is 5.02 Å². The van der Waals surface area contributed by atoms with Crippen molar-refractivity contribution >= 4 is 33.6 Å². The van der Waals surface area contributed by atoms with E-state index in [9.17, 15) is 18.0 Å². The van der Waals surface area contributed by atoms with Crippen LogP contribution in [-0.4, -0.2) is 57.5 Å². The molecule has 30 heavy (non-hydrogen) atoms. The van der Waals surface area contributed by atoms with Gasteiger partial charge in [-0.3, -0.25) is 4.79 Å². The van der Waals surface area contributed by atoms with Crippen molar-refractivity contribution in [2.45, 2.75) is 61.9 Å². The van der Waals surface area contributed by atoms with E-state index in [0.29, 0.717) is 25.9 Å². The molecule has 0 bridgehead atoms. The van der Waals surface area contributed by atoms with E-state index in [1.807, 2.05) is 0 Å². The summed E-state index contributed by atoms with van der Waals surface area (Å²) in [5.41, 5.74) is 0.116. The van der Waals surface area contributed by atoms with Gasteiger partial charge in [-0.05, 0) is 50.9 Å². The average Bonchev–Trinajstić information content (AvgIpc) is 2.75. The highest BCUT2D eigenvalue weighted by Crippen LogP contribution is 2.22. The Morgan fingerprint density at radius 1 is 1.00 bits per heavy atom. The smallest absolute Gasteiger partial charge is 0.317 e. The Labute approximate surface area is 182 Å². The van der Waals surface area contributed by atoms with E-state index in [1.165, 1.54) is 44.5 Å². The molecule has 1 aromatic carbocycles. The first-order valence-corrected chi connectivity index (χ1v) is 12.3. The molecule has 1 aliphatic carbocycles. The molecule has 1 aromatic rings. The summed E-state index contributed by atoms with van der Waals surface area (Å²) >= 11 is 6.12. The Balaban J connectivity index is 1.54. The number of sulfonamides is 1. The fraction of sp³-hybridized carbons (Fsp3) is 0.600. The molecular weight excluding hydrogens is 428 g/mol. The number of nitrogens with zero attached hydrogens (tertiary/aromatic N) is 1. The Morgan fingerprint density at radius 3 is 2.27 bits per heavy atom. The third-order valence-electron chi connectivity index (χ3n) is 5.81. The van der Waals surface area contributed by atoms with Crippen molar-refractivity contribution in [2.75, 3.05) is 20.1 Å². The standard InChI is InChI=1S/C20H29ClN4O4S/c1-22-30(28,29)16-7-8-18(21)17(13-16)19(26)23-15-9-11-25(12-10-15)20(27)24-14-5-3-2-4-6-14/h7-8,13-15,22H,2-6,9-12H2,1H3,(H,23,26)(H,24,27). The largest absolute Gasteiger partial charge is 0.349 e. The molecule has 1 aliphatic heterocycles. The van der Waals surface area contributed by atoms with Crippen LogP contribution in [0.15, 0.2) is 23.1 Å². The molecule has 1 heterocycles. The van der Waals surface area contributed by atoms with Crippen molar-refractivity contribution in [3.8, 4) is 0 Å². The van der Waals surface area contributed by atoms with Gasteiger partial charge in [0.15, 0.2) is 0 Å². The van der Waals surface area contributed by atoms with Crippen LogP contribution in [0.5, 0.6) is 0 Å². The number of nitrogens with one attached hydrogen (secondary N) is 3. The Kier molecular flexibility index (Phi) is 7.60. The summed E-state index contributed by atoms with van der Waals surface area (Å²) < 4.78 is 26.2. The number of benzene rings is 1. The number of likely N-dealkylation sites (tertiary alicyclic amines) is 1. The number of carbonyl (C=O) groups is 2. The van der Waals surface area contributed by atoms with E-state index in [-0.39, 0.29) is 33.6 Å². The van der Waals surface area contributed by atoms with E-state index in [2.05, 4.69) is 15.4 Å². The summed E-state index contributed by atoms with van der Waals surface area (Å²) in [4.78, 5) is 26.9. The van der Waals surface area contributed by atoms with E-state index in [4.69, 9.17) is 11.6 Å². The highest BCUT2D eigenvalue weighted by molar-refractivity contribution is 7.89. The summed E-state index contributed by atoms with van der Waals surface area (Å²) in [5, 5.41) is 6.23. The van der Waals surface area contributed by atoms with Crippen molar-refractivity contribution < 1.29 is 18.0 Å². The van der Waals surface area contributed by atoms with Crippen LogP contribution >= 0.6 is 11.6 Å². The lowest BCUT2D eigenvalue weighted by Gasteiger charge is -2.34. The third-order valence-corrected chi connectivity index (χ3v) is 7.55. The molecule has 0 aromatic heterocycles. The minimum Gasteiger partial charge on any atom is -0.349 e. The summed E-state index contributed by atoms with van der Waals surface area (Å²) in [6.07, 6.45) is 6.93. The zero-order valence-electron chi connectivity index (χ0n) is 17.1. The zero-order valence-corrected chi connectivity index (χ0v) is 18.7. The van der Waals surface area contributed by atoms with Gasteiger partial charge in [0.1, 0.15) is 0 Å². The van der Waals surface area contributed by atoms with Crippen molar-refractivity contribution in [2.24, 2.45) is 0 Å². The topological polar surface area (TPSA) is 108 Å². The van der Waals surface area contributed by atoms with E-state index >= 15 is 0 Å². The lowest BCUT2D eigenvalue weighted by molar-refractivity contribution is 0.0917. The maximum atomic E-state index is 12.7. The predicted molar refractivity (Wildman–Crippen MR) is 115 cm³/mol. The molecule has 8 nitrogen and oxygen atoms in total. The third kappa shape index (κ3) is 5.65. The number of carbonyl (C=O) groups excluding carboxylic acids is 2. The maximum Gasteiger partial charge on any atom is 0.317 e. The van der Waals surface area contributed by atoms with Crippen LogP contribution in [0.1, 0.15) is 55.3 Å². The van der Waals surface area contributed by atoms with Crippen LogP contribution in [0.25, 0.3) is 0 Å². The highest BCUT2D eigenvalue weighted by atomic mass is 35.5. The summed E-state index contributed by atoms with van der Waals surface area (Å²) in [6, 6.07) is 4.17. The molecule has 0 spiro atoms. The second-order valence-electron chi connectivity index (χ2n) is 7.87. The van der Waals surface area contributed by atoms with Crippen molar-refractivity contribution in [3.05, 3.63) is 28.8 Å². The number of hydrogen-bond donors (Lipinski definition) is 3. The molecule has 10 heteroatoms. The molecular formula is C20H29ClN4O4S. The molecule has 3 rings (SSSR count). The molecule has 0 atom stereocenters. The molecule has 0 radical (unpaired) electrons. The number of urea groups is 1. The van der Waals surface area contributed by atoms with Crippen molar-refractivity contribution in [1.29, 1.82) is 0 Å². The van der Waals surface area contributed by atoms with Crippen LogP contribution in [0.3, 0.4) is 0 Å². The van der Waals surface area contributed by atoms with Gasteiger partial charge in [0.2, 0.25) is 10.0 Å². The van der Waals surface area contributed by atoms with Crippen molar-refractivity contribution in [1.82, 2.24) is 20.3 Å². The lowest BCUT2D eigenvalue weighted by atomic mass is 9.95. The number of halogens is 1. The lowest BCUT2D eigenvalue weighted by Crippen LogP contribution is -2.51. The van der Waals surface area contributed by atoms with Crippen molar-refractivity contribution in [3.63, 3.8) is 0 Å².